The van der Waals surface area contributed by atoms with E-state index in [4.69, 9.17) is 24.8 Å². The summed E-state index contributed by atoms with van der Waals surface area (Å²) in [6.45, 7) is -0.0878. The van der Waals surface area contributed by atoms with Crippen LogP contribution in [0.5, 0.6) is 5.75 Å². The van der Waals surface area contributed by atoms with Gasteiger partial charge in [0.25, 0.3) is 11.8 Å². The molecular weight excluding hydrogens is 600 g/mol. The Morgan fingerprint density at radius 2 is 1.95 bits per heavy atom. The summed E-state index contributed by atoms with van der Waals surface area (Å²) < 4.78 is 15.9. The lowest BCUT2D eigenvalue weighted by Gasteiger charge is -2.49. The quantitative estimate of drug-likeness (QED) is 0.160. The number of nitrogen functional groups attached to an aromatic ring is 1. The zero-order valence-electron chi connectivity index (χ0n) is 23.8. The van der Waals surface area contributed by atoms with Crippen molar-refractivity contribution in [2.75, 3.05) is 46.4 Å². The first kappa shape index (κ1) is 31.4. The number of anilines is 1. The zero-order valence-corrected chi connectivity index (χ0v) is 25.4. The van der Waals surface area contributed by atoms with Crippen molar-refractivity contribution >= 4 is 57.8 Å². The van der Waals surface area contributed by atoms with E-state index >= 15 is 0 Å². The second-order valence-electron chi connectivity index (χ2n) is 9.23. The van der Waals surface area contributed by atoms with Crippen molar-refractivity contribution in [2.45, 2.75) is 18.0 Å². The van der Waals surface area contributed by atoms with Crippen LogP contribution >= 0.6 is 23.1 Å². The summed E-state index contributed by atoms with van der Waals surface area (Å²) in [7, 11) is 5.95. The smallest absolute Gasteiger partial charge is 0.409 e. The standard InChI is InChI=1S/C27H30N6O8S2/c1-32(2)27(37)40-11-5-6-16-13-42-24-20(30-22(34)19(31-39-4)18-14-43-26(28)29-18)23(35)33(24)21(16)25(36)41-12-15-7-9-17(38-3)10-8-15/h5-10,14,20,24H,11-13H2,1-4H3,(H2,28,29)(H,30,34)/b6-5-,31-19-/t20-,24-/m1/s1. The van der Waals surface area contributed by atoms with E-state index in [1.165, 1.54) is 28.7 Å². The molecule has 0 bridgehead atoms. The van der Waals surface area contributed by atoms with E-state index in [9.17, 15) is 19.2 Å². The summed E-state index contributed by atoms with van der Waals surface area (Å²) >= 11 is 2.47. The van der Waals surface area contributed by atoms with Crippen molar-refractivity contribution in [1.29, 1.82) is 0 Å². The van der Waals surface area contributed by atoms with Gasteiger partial charge in [-0.25, -0.2) is 14.6 Å². The van der Waals surface area contributed by atoms with Crippen LogP contribution < -0.4 is 15.8 Å². The Morgan fingerprint density at radius 1 is 1.21 bits per heavy atom. The van der Waals surface area contributed by atoms with Crippen molar-refractivity contribution in [3.63, 3.8) is 0 Å². The highest BCUT2D eigenvalue weighted by atomic mass is 32.2. The summed E-state index contributed by atoms with van der Waals surface area (Å²) in [6, 6.07) is 6.05. The minimum absolute atomic E-state index is 0.0426. The molecule has 2 aromatic rings. The molecule has 0 unspecified atom stereocenters. The number of β-lactam (4-membered cyclic amide) rings is 1. The molecule has 0 radical (unpaired) electrons. The molecule has 3 amide bonds. The van der Waals surface area contributed by atoms with Crippen LogP contribution in [0.3, 0.4) is 0 Å². The first-order chi connectivity index (χ1) is 20.6. The number of rotatable bonds is 11. The zero-order chi connectivity index (χ0) is 31.1. The van der Waals surface area contributed by atoms with Gasteiger partial charge in [-0.1, -0.05) is 23.4 Å². The van der Waals surface area contributed by atoms with E-state index in [1.54, 1.807) is 63.0 Å². The lowest BCUT2D eigenvalue weighted by Crippen LogP contribution is -2.71. The molecule has 0 aliphatic carbocycles. The topological polar surface area (TPSA) is 175 Å². The third kappa shape index (κ3) is 7.26. The molecule has 1 fully saturated rings. The fourth-order valence-corrected chi connectivity index (χ4v) is 5.91. The highest BCUT2D eigenvalue weighted by Gasteiger charge is 2.54. The molecule has 3 N–H and O–H groups in total. The molecule has 2 aliphatic rings. The maximum Gasteiger partial charge on any atom is 0.409 e. The highest BCUT2D eigenvalue weighted by molar-refractivity contribution is 8.00. The number of fused-ring (bicyclic) bond motifs is 1. The first-order valence-corrected chi connectivity index (χ1v) is 14.7. The van der Waals surface area contributed by atoms with Crippen LogP contribution in [0.4, 0.5) is 9.93 Å². The van der Waals surface area contributed by atoms with E-state index in [2.05, 4.69) is 15.5 Å². The maximum absolute atomic E-state index is 13.4. The van der Waals surface area contributed by atoms with Crippen LogP contribution in [0.1, 0.15) is 11.3 Å². The molecule has 228 valence electrons. The molecule has 0 saturated carbocycles. The number of nitrogens with two attached hydrogens (primary N) is 1. The number of allylic oxidation sites excluding steroid dienone is 1. The number of aromatic nitrogens is 1. The Morgan fingerprint density at radius 3 is 2.58 bits per heavy atom. The Kier molecular flexibility index (Phi) is 10.3. The molecular formula is C27H30N6O8S2. The fraction of sp³-hybridized carbons (Fsp3) is 0.333. The molecule has 43 heavy (non-hydrogen) atoms. The summed E-state index contributed by atoms with van der Waals surface area (Å²) in [5.74, 6) is -0.950. The van der Waals surface area contributed by atoms with E-state index in [-0.39, 0.29) is 35.4 Å². The summed E-state index contributed by atoms with van der Waals surface area (Å²) in [5, 5.41) is 7.62. The molecule has 1 aromatic heterocycles. The van der Waals surface area contributed by atoms with Gasteiger partial charge in [-0.3, -0.25) is 14.5 Å². The predicted octanol–water partition coefficient (Wildman–Crippen LogP) is 1.74. The number of amides is 3. The number of thioether (sulfide) groups is 1. The lowest BCUT2D eigenvalue weighted by atomic mass is 10.0. The van der Waals surface area contributed by atoms with Crippen molar-refractivity contribution in [3.05, 3.63) is 64.3 Å². The third-order valence-corrected chi connectivity index (χ3v) is 8.13. The van der Waals surface area contributed by atoms with Crippen LogP contribution in [0.15, 0.2) is 58.2 Å². The second-order valence-corrected chi connectivity index (χ2v) is 11.2. The predicted molar refractivity (Wildman–Crippen MR) is 159 cm³/mol. The molecule has 4 rings (SSSR count). The van der Waals surface area contributed by atoms with Crippen molar-refractivity contribution in [1.82, 2.24) is 20.1 Å². The number of thiazole rings is 1. The number of methoxy groups -OCH3 is 1. The number of carbonyl (C=O) groups is 4. The van der Waals surface area contributed by atoms with Crippen molar-refractivity contribution in [2.24, 2.45) is 5.16 Å². The molecule has 1 aromatic carbocycles. The van der Waals surface area contributed by atoms with Gasteiger partial charge in [0.15, 0.2) is 10.8 Å². The number of nitrogens with one attached hydrogen (secondary N) is 1. The number of carbonyl (C=O) groups excluding carboxylic acids is 4. The van der Waals surface area contributed by atoms with Gasteiger partial charge in [-0.2, -0.15) is 0 Å². The molecule has 0 spiro atoms. The van der Waals surface area contributed by atoms with Gasteiger partial charge < -0.3 is 35.0 Å². The monoisotopic (exact) mass is 630 g/mol. The maximum atomic E-state index is 13.4. The van der Waals surface area contributed by atoms with Crippen LogP contribution in [-0.4, -0.2) is 96.5 Å². The lowest BCUT2D eigenvalue weighted by molar-refractivity contribution is -0.153. The summed E-state index contributed by atoms with van der Waals surface area (Å²) in [6.07, 6.45) is 2.67. The number of hydrogen-bond donors (Lipinski definition) is 2. The van der Waals surface area contributed by atoms with E-state index in [1.807, 2.05) is 0 Å². The Labute approximate surface area is 255 Å². The van der Waals surface area contributed by atoms with Gasteiger partial charge >= 0.3 is 12.1 Å². The van der Waals surface area contributed by atoms with E-state index < -0.39 is 35.3 Å². The molecule has 1 saturated heterocycles. The van der Waals surface area contributed by atoms with Crippen LogP contribution in [0.2, 0.25) is 0 Å². The number of esters is 1. The molecule has 16 heteroatoms. The summed E-state index contributed by atoms with van der Waals surface area (Å²) in [4.78, 5) is 63.1. The number of benzene rings is 1. The Hall–Kier alpha value is -4.57. The average Bonchev–Trinajstić information content (AvgIpc) is 3.44. The van der Waals surface area contributed by atoms with E-state index in [0.717, 1.165) is 16.9 Å². The highest BCUT2D eigenvalue weighted by Crippen LogP contribution is 2.41. The molecule has 2 atom stereocenters. The third-order valence-electron chi connectivity index (χ3n) is 6.16. The van der Waals surface area contributed by atoms with E-state index in [0.29, 0.717) is 17.1 Å². The van der Waals surface area contributed by atoms with Crippen molar-refractivity contribution < 1.29 is 38.2 Å². The van der Waals surface area contributed by atoms with Gasteiger partial charge in [0.05, 0.1) is 7.11 Å². The Balaban J connectivity index is 1.52. The van der Waals surface area contributed by atoms with Crippen LogP contribution in [-0.2, 0) is 35.3 Å². The fourth-order valence-electron chi connectivity index (χ4n) is 4.04. The van der Waals surface area contributed by atoms with Gasteiger partial charge in [-0.15, -0.1) is 23.1 Å². The van der Waals surface area contributed by atoms with Gasteiger partial charge in [0, 0.05) is 25.2 Å². The van der Waals surface area contributed by atoms with Crippen molar-refractivity contribution in [3.8, 4) is 5.75 Å². The molecule has 14 nitrogen and oxygen atoms in total. The summed E-state index contributed by atoms with van der Waals surface area (Å²) in [5.41, 5.74) is 7.01. The van der Waals surface area contributed by atoms with Gasteiger partial charge in [0.1, 0.15) is 48.9 Å². The number of ether oxygens (including phenoxy) is 3. The van der Waals surface area contributed by atoms with Gasteiger partial charge in [0.2, 0.25) is 0 Å². The number of hydrogen-bond acceptors (Lipinski definition) is 13. The Bertz CT molecular complexity index is 1470. The minimum atomic E-state index is -0.952. The largest absolute Gasteiger partial charge is 0.497 e. The second kappa shape index (κ2) is 14.1. The molecule has 3 heterocycles. The van der Waals surface area contributed by atoms with Crippen LogP contribution in [0.25, 0.3) is 0 Å². The first-order valence-electron chi connectivity index (χ1n) is 12.8. The average molecular weight is 631 g/mol. The van der Waals surface area contributed by atoms with Gasteiger partial charge in [-0.05, 0) is 29.3 Å². The minimum Gasteiger partial charge on any atom is -0.497 e. The molecule has 2 aliphatic heterocycles. The van der Waals surface area contributed by atoms with Crippen LogP contribution in [0, 0.1) is 0 Å². The SMILES string of the molecule is CO/N=C(\C(=O)N[C@@H]1C(=O)N2C(C(=O)OCc3ccc(OC)cc3)=C(/C=C\COC(=O)N(C)C)CS[C@H]12)c1csc(N)n1. The number of oxime groups is 1. The number of nitrogens with zero attached hydrogens (tertiary/aromatic N) is 4. The normalized spacial score (nSPS) is 18.1.